The molecule has 0 aliphatic heterocycles. The summed E-state index contributed by atoms with van der Waals surface area (Å²) in [5.41, 5.74) is 5.34. The Kier molecular flexibility index (Phi) is 15.4. The van der Waals surface area contributed by atoms with Gasteiger partial charge in [0.25, 0.3) is 0 Å². The third kappa shape index (κ3) is 13.0. The van der Waals surface area contributed by atoms with Gasteiger partial charge in [-0.15, -0.1) is 0 Å². The summed E-state index contributed by atoms with van der Waals surface area (Å²) < 4.78 is 0. The quantitative estimate of drug-likeness (QED) is 0.602. The Balaban J connectivity index is 0. The van der Waals surface area contributed by atoms with Crippen molar-refractivity contribution in [3.8, 4) is 0 Å². The number of likely N-dealkylation sites (N-methyl/N-ethyl adjacent to an activating group) is 2. The van der Waals surface area contributed by atoms with Crippen molar-refractivity contribution in [1.82, 2.24) is 10.2 Å². The predicted octanol–water partition coefficient (Wildman–Crippen LogP) is 0.123. The highest BCUT2D eigenvalue weighted by atomic mass is 15.1. The standard InChI is InChI=1S/C6H17N3.C2H6/c1-8-4-6-9(2)5-3-7;1-2/h8H,3-7H2,1-2H3;1-2H3. The molecule has 0 aromatic carbocycles. The lowest BCUT2D eigenvalue weighted by molar-refractivity contribution is 0.344. The molecule has 0 heterocycles. The summed E-state index contributed by atoms with van der Waals surface area (Å²) in [6.07, 6.45) is 0. The Morgan fingerprint density at radius 1 is 1.27 bits per heavy atom. The molecule has 11 heavy (non-hydrogen) atoms. The molecule has 0 radical (unpaired) electrons. The lowest BCUT2D eigenvalue weighted by Crippen LogP contribution is -2.31. The first-order valence-corrected chi connectivity index (χ1v) is 4.34. The minimum Gasteiger partial charge on any atom is -0.329 e. The fourth-order valence-corrected chi connectivity index (χ4v) is 0.635. The summed E-state index contributed by atoms with van der Waals surface area (Å²) >= 11 is 0. The van der Waals surface area contributed by atoms with Gasteiger partial charge in [-0.05, 0) is 14.1 Å². The molecular weight excluding hydrogens is 138 g/mol. The molecule has 3 heteroatoms. The fourth-order valence-electron chi connectivity index (χ4n) is 0.635. The third-order valence-corrected chi connectivity index (χ3v) is 1.25. The van der Waals surface area contributed by atoms with Crippen LogP contribution in [0.5, 0.6) is 0 Å². The molecule has 3 N–H and O–H groups in total. The van der Waals surface area contributed by atoms with Crippen molar-refractivity contribution < 1.29 is 0 Å². The van der Waals surface area contributed by atoms with Gasteiger partial charge < -0.3 is 16.0 Å². The number of hydrogen-bond acceptors (Lipinski definition) is 3. The number of nitrogens with two attached hydrogens (primary N) is 1. The first-order chi connectivity index (χ1) is 5.31. The van der Waals surface area contributed by atoms with Crippen LogP contribution in [0, 0.1) is 0 Å². The highest BCUT2D eigenvalue weighted by Gasteiger charge is 1.92. The molecule has 0 saturated heterocycles. The molecule has 0 saturated carbocycles. The van der Waals surface area contributed by atoms with E-state index in [1.54, 1.807) is 0 Å². The molecule has 0 aliphatic rings. The molecule has 0 spiro atoms. The van der Waals surface area contributed by atoms with Gasteiger partial charge in [-0.25, -0.2) is 0 Å². The largest absolute Gasteiger partial charge is 0.329 e. The van der Waals surface area contributed by atoms with E-state index in [-0.39, 0.29) is 0 Å². The summed E-state index contributed by atoms with van der Waals surface area (Å²) in [5, 5.41) is 3.07. The van der Waals surface area contributed by atoms with E-state index in [4.69, 9.17) is 5.73 Å². The lowest BCUT2D eigenvalue weighted by Gasteiger charge is -2.13. The second-order valence-electron chi connectivity index (χ2n) is 2.20. The van der Waals surface area contributed by atoms with E-state index in [0.29, 0.717) is 0 Å². The van der Waals surface area contributed by atoms with Gasteiger partial charge in [0, 0.05) is 26.2 Å². The summed E-state index contributed by atoms with van der Waals surface area (Å²) in [5.74, 6) is 0. The molecule has 0 unspecified atom stereocenters. The van der Waals surface area contributed by atoms with E-state index < -0.39 is 0 Å². The van der Waals surface area contributed by atoms with Crippen LogP contribution in [0.2, 0.25) is 0 Å². The van der Waals surface area contributed by atoms with E-state index in [1.807, 2.05) is 20.9 Å². The summed E-state index contributed by atoms with van der Waals surface area (Å²) in [4.78, 5) is 2.20. The van der Waals surface area contributed by atoms with Gasteiger partial charge >= 0.3 is 0 Å². The van der Waals surface area contributed by atoms with E-state index in [1.165, 1.54) is 0 Å². The second-order valence-corrected chi connectivity index (χ2v) is 2.20. The van der Waals surface area contributed by atoms with Crippen LogP contribution in [0.4, 0.5) is 0 Å². The Morgan fingerprint density at radius 3 is 2.18 bits per heavy atom. The van der Waals surface area contributed by atoms with Crippen molar-refractivity contribution in [2.75, 3.05) is 40.3 Å². The molecule has 0 rings (SSSR count). The molecule has 70 valence electrons. The Morgan fingerprint density at radius 2 is 1.82 bits per heavy atom. The van der Waals surface area contributed by atoms with Crippen LogP contribution in [0.15, 0.2) is 0 Å². The molecule has 0 fully saturated rings. The van der Waals surface area contributed by atoms with Gasteiger partial charge in [0.1, 0.15) is 0 Å². The second kappa shape index (κ2) is 12.5. The van der Waals surface area contributed by atoms with Crippen molar-refractivity contribution in [2.45, 2.75) is 13.8 Å². The molecule has 3 nitrogen and oxygen atoms in total. The topological polar surface area (TPSA) is 41.3 Å². The average Bonchev–Trinajstić information content (AvgIpc) is 2.05. The summed E-state index contributed by atoms with van der Waals surface area (Å²) in [7, 11) is 4.03. The van der Waals surface area contributed by atoms with Gasteiger partial charge in [0.05, 0.1) is 0 Å². The van der Waals surface area contributed by atoms with Crippen LogP contribution in [0.3, 0.4) is 0 Å². The van der Waals surface area contributed by atoms with Crippen LogP contribution in [0.1, 0.15) is 13.8 Å². The van der Waals surface area contributed by atoms with Crippen molar-refractivity contribution in [3.05, 3.63) is 0 Å². The molecular formula is C8H23N3. The Bertz CT molecular complexity index is 57.3. The average molecular weight is 161 g/mol. The maximum absolute atomic E-state index is 5.34. The lowest BCUT2D eigenvalue weighted by atomic mass is 10.5. The molecule has 0 atom stereocenters. The van der Waals surface area contributed by atoms with Crippen LogP contribution in [-0.4, -0.2) is 45.2 Å². The molecule has 0 aromatic rings. The van der Waals surface area contributed by atoms with Crippen LogP contribution >= 0.6 is 0 Å². The van der Waals surface area contributed by atoms with Crippen molar-refractivity contribution >= 4 is 0 Å². The minimum absolute atomic E-state index is 0.750. The van der Waals surface area contributed by atoms with Crippen LogP contribution in [0.25, 0.3) is 0 Å². The molecule has 0 amide bonds. The van der Waals surface area contributed by atoms with Gasteiger partial charge in [-0.3, -0.25) is 0 Å². The zero-order chi connectivity index (χ0) is 9.11. The van der Waals surface area contributed by atoms with Crippen molar-refractivity contribution in [3.63, 3.8) is 0 Å². The SMILES string of the molecule is CC.CNCCN(C)CCN. The van der Waals surface area contributed by atoms with Crippen LogP contribution < -0.4 is 11.1 Å². The van der Waals surface area contributed by atoms with Crippen molar-refractivity contribution in [1.29, 1.82) is 0 Å². The highest BCUT2D eigenvalue weighted by Crippen LogP contribution is 1.75. The molecule has 0 aliphatic carbocycles. The Labute approximate surface area is 70.9 Å². The van der Waals surface area contributed by atoms with E-state index in [9.17, 15) is 0 Å². The molecule has 0 aromatic heterocycles. The van der Waals surface area contributed by atoms with Gasteiger partial charge in [-0.2, -0.15) is 0 Å². The van der Waals surface area contributed by atoms with Crippen molar-refractivity contribution in [2.24, 2.45) is 5.73 Å². The summed E-state index contributed by atoms with van der Waals surface area (Å²) in [6.45, 7) is 7.85. The van der Waals surface area contributed by atoms with Gasteiger partial charge in [0.15, 0.2) is 0 Å². The van der Waals surface area contributed by atoms with Gasteiger partial charge in [-0.1, -0.05) is 13.8 Å². The highest BCUT2D eigenvalue weighted by molar-refractivity contribution is 4.51. The minimum atomic E-state index is 0.750. The zero-order valence-corrected chi connectivity index (χ0v) is 8.35. The number of nitrogens with zero attached hydrogens (tertiary/aromatic N) is 1. The first kappa shape index (κ1) is 13.5. The van der Waals surface area contributed by atoms with E-state index >= 15 is 0 Å². The number of rotatable bonds is 5. The predicted molar refractivity (Wildman–Crippen MR) is 51.8 cm³/mol. The smallest absolute Gasteiger partial charge is 0.0104 e. The van der Waals surface area contributed by atoms with E-state index in [2.05, 4.69) is 17.3 Å². The number of nitrogens with one attached hydrogen (secondary N) is 1. The summed E-state index contributed by atoms with van der Waals surface area (Å²) in [6, 6.07) is 0. The Hall–Kier alpha value is -0.120. The first-order valence-electron chi connectivity index (χ1n) is 4.34. The zero-order valence-electron chi connectivity index (χ0n) is 8.35. The third-order valence-electron chi connectivity index (χ3n) is 1.25. The number of hydrogen-bond donors (Lipinski definition) is 2. The fraction of sp³-hybridized carbons (Fsp3) is 1.00. The maximum Gasteiger partial charge on any atom is 0.0104 e. The van der Waals surface area contributed by atoms with Gasteiger partial charge in [0.2, 0.25) is 0 Å². The normalized spacial score (nSPS) is 9.27. The van der Waals surface area contributed by atoms with E-state index in [0.717, 1.165) is 26.2 Å². The van der Waals surface area contributed by atoms with Crippen LogP contribution in [-0.2, 0) is 0 Å². The molecule has 0 bridgehead atoms. The maximum atomic E-state index is 5.34. The monoisotopic (exact) mass is 161 g/mol.